The van der Waals surface area contributed by atoms with Crippen molar-refractivity contribution in [2.45, 2.75) is 19.9 Å². The maximum Gasteiger partial charge on any atom is 0.179 e. The molecule has 0 heterocycles. The van der Waals surface area contributed by atoms with E-state index in [0.717, 1.165) is 0 Å². The van der Waals surface area contributed by atoms with Crippen LogP contribution in [-0.4, -0.2) is 11.6 Å². The van der Waals surface area contributed by atoms with Crippen LogP contribution in [0.15, 0.2) is 0 Å². The standard InChI is InChI=1S/C5H12NO4P/c1-3(2)4(6)5(7)11(8,9)10/h3-4H,6H2,1-2H3,(H2,8,9,10)/p-2. The lowest BCUT2D eigenvalue weighted by Crippen LogP contribution is -2.40. The summed E-state index contributed by atoms with van der Waals surface area (Å²) in [5, 5.41) is 0. The van der Waals surface area contributed by atoms with Gasteiger partial charge in [0.05, 0.1) is 6.04 Å². The summed E-state index contributed by atoms with van der Waals surface area (Å²) in [4.78, 5) is 30.8. The van der Waals surface area contributed by atoms with Gasteiger partial charge in [0.2, 0.25) is 0 Å². The van der Waals surface area contributed by atoms with Crippen LogP contribution in [0.4, 0.5) is 0 Å². The Kier molecular flexibility index (Phi) is 3.38. The van der Waals surface area contributed by atoms with Gasteiger partial charge in [0.15, 0.2) is 5.52 Å². The van der Waals surface area contributed by atoms with E-state index in [2.05, 4.69) is 0 Å². The summed E-state index contributed by atoms with van der Waals surface area (Å²) in [7, 11) is -5.13. The molecule has 0 bridgehead atoms. The highest BCUT2D eigenvalue weighted by Crippen LogP contribution is 2.27. The number of hydrogen-bond acceptors (Lipinski definition) is 5. The molecule has 0 rings (SSSR count). The Labute approximate surface area is 64.8 Å². The summed E-state index contributed by atoms with van der Waals surface area (Å²) < 4.78 is 10.1. The van der Waals surface area contributed by atoms with Gasteiger partial charge in [-0.2, -0.15) is 0 Å². The van der Waals surface area contributed by atoms with Gasteiger partial charge < -0.3 is 20.1 Å². The zero-order chi connectivity index (χ0) is 9.23. The molecular weight excluding hydrogens is 169 g/mol. The summed E-state index contributed by atoms with van der Waals surface area (Å²) in [5.41, 5.74) is 3.71. The molecule has 5 nitrogen and oxygen atoms in total. The van der Waals surface area contributed by atoms with Gasteiger partial charge in [-0.15, -0.1) is 0 Å². The molecule has 66 valence electrons. The van der Waals surface area contributed by atoms with Crippen molar-refractivity contribution in [1.29, 1.82) is 0 Å². The first-order chi connectivity index (χ1) is 4.76. The Morgan fingerprint density at radius 3 is 1.91 bits per heavy atom. The maximum absolute atomic E-state index is 10.6. The van der Waals surface area contributed by atoms with Gasteiger partial charge in [-0.25, -0.2) is 0 Å². The number of nitrogens with two attached hydrogens (primary N) is 1. The normalized spacial score (nSPS) is 15.1. The van der Waals surface area contributed by atoms with Crippen molar-refractivity contribution in [1.82, 2.24) is 0 Å². The van der Waals surface area contributed by atoms with Gasteiger partial charge in [-0.1, -0.05) is 13.8 Å². The first-order valence-electron chi connectivity index (χ1n) is 3.09. The van der Waals surface area contributed by atoms with Gasteiger partial charge in [0.25, 0.3) is 0 Å². The second-order valence-corrected chi connectivity index (χ2v) is 4.04. The van der Waals surface area contributed by atoms with Crippen molar-refractivity contribution in [2.24, 2.45) is 11.7 Å². The molecule has 2 N–H and O–H groups in total. The Morgan fingerprint density at radius 1 is 1.45 bits per heavy atom. The highest BCUT2D eigenvalue weighted by molar-refractivity contribution is 7.67. The number of hydrogen-bond donors (Lipinski definition) is 1. The fourth-order valence-corrected chi connectivity index (χ4v) is 1.13. The quantitative estimate of drug-likeness (QED) is 0.525. The zero-order valence-corrected chi connectivity index (χ0v) is 7.21. The van der Waals surface area contributed by atoms with Crippen LogP contribution < -0.4 is 15.5 Å². The number of rotatable bonds is 3. The summed E-state index contributed by atoms with van der Waals surface area (Å²) >= 11 is 0. The van der Waals surface area contributed by atoms with E-state index in [1.807, 2.05) is 0 Å². The number of carbonyl (C=O) groups is 1. The van der Waals surface area contributed by atoms with E-state index in [0.29, 0.717) is 0 Å². The maximum atomic E-state index is 10.6. The van der Waals surface area contributed by atoms with Gasteiger partial charge in [0, 0.05) is 7.60 Å². The molecule has 0 aromatic carbocycles. The van der Waals surface area contributed by atoms with Crippen LogP contribution in [0.25, 0.3) is 0 Å². The average molecular weight is 179 g/mol. The minimum atomic E-state index is -5.13. The van der Waals surface area contributed by atoms with Crippen molar-refractivity contribution >= 4 is 13.1 Å². The van der Waals surface area contributed by atoms with Crippen molar-refractivity contribution < 1.29 is 19.1 Å². The molecule has 0 aliphatic rings. The lowest BCUT2D eigenvalue weighted by atomic mass is 10.1. The predicted molar refractivity (Wildman–Crippen MR) is 35.4 cm³/mol. The predicted octanol–water partition coefficient (Wildman–Crippen LogP) is -1.59. The van der Waals surface area contributed by atoms with Crippen molar-refractivity contribution in [3.05, 3.63) is 0 Å². The van der Waals surface area contributed by atoms with E-state index in [-0.39, 0.29) is 5.92 Å². The molecule has 1 atom stereocenters. The van der Waals surface area contributed by atoms with E-state index in [4.69, 9.17) is 5.73 Å². The molecule has 0 radical (unpaired) electrons. The fraction of sp³-hybridized carbons (Fsp3) is 0.800. The van der Waals surface area contributed by atoms with E-state index >= 15 is 0 Å². The fourth-order valence-electron chi connectivity index (χ4n) is 0.468. The molecule has 11 heavy (non-hydrogen) atoms. The topological polar surface area (TPSA) is 106 Å². The third kappa shape index (κ3) is 3.12. The molecule has 0 aromatic heterocycles. The monoisotopic (exact) mass is 179 g/mol. The first-order valence-corrected chi connectivity index (χ1v) is 4.63. The van der Waals surface area contributed by atoms with Gasteiger partial charge in [0.1, 0.15) is 0 Å². The minimum Gasteiger partial charge on any atom is -0.805 e. The first kappa shape index (κ1) is 10.8. The molecule has 0 amide bonds. The highest BCUT2D eigenvalue weighted by Gasteiger charge is 2.19. The summed E-state index contributed by atoms with van der Waals surface area (Å²) in [5.74, 6) is -0.335. The zero-order valence-electron chi connectivity index (χ0n) is 6.31. The van der Waals surface area contributed by atoms with Crippen LogP contribution in [0.1, 0.15) is 13.8 Å². The van der Waals surface area contributed by atoms with Crippen LogP contribution in [0.2, 0.25) is 0 Å². The molecule has 6 heteroatoms. The highest BCUT2D eigenvalue weighted by atomic mass is 31.2. The molecule has 0 aromatic rings. The Balaban J connectivity index is 4.39. The average Bonchev–Trinajstić information content (AvgIpc) is 1.82. The van der Waals surface area contributed by atoms with Crippen LogP contribution in [-0.2, 0) is 9.36 Å². The molecule has 0 fully saturated rings. The second-order valence-electron chi connectivity index (χ2n) is 2.61. The molecule has 0 aliphatic heterocycles. The largest absolute Gasteiger partial charge is 0.805 e. The number of carbonyl (C=O) groups excluding carboxylic acids is 1. The van der Waals surface area contributed by atoms with Crippen molar-refractivity contribution in [2.75, 3.05) is 0 Å². The lowest BCUT2D eigenvalue weighted by Gasteiger charge is -2.31. The minimum absolute atomic E-state index is 0.335. The summed E-state index contributed by atoms with van der Waals surface area (Å²) in [6.45, 7) is 3.14. The molecule has 0 aliphatic carbocycles. The van der Waals surface area contributed by atoms with Crippen LogP contribution in [0.5, 0.6) is 0 Å². The van der Waals surface area contributed by atoms with Crippen molar-refractivity contribution in [3.63, 3.8) is 0 Å². The van der Waals surface area contributed by atoms with E-state index in [9.17, 15) is 19.1 Å². The van der Waals surface area contributed by atoms with Crippen molar-refractivity contribution in [3.8, 4) is 0 Å². The summed E-state index contributed by atoms with van der Waals surface area (Å²) in [6, 6.07) is -1.20. The van der Waals surface area contributed by atoms with Gasteiger partial charge in [-0.3, -0.25) is 4.79 Å². The third-order valence-corrected chi connectivity index (χ3v) is 2.11. The smallest absolute Gasteiger partial charge is 0.179 e. The lowest BCUT2D eigenvalue weighted by molar-refractivity contribution is -0.310. The molecule has 1 unspecified atom stereocenters. The Bertz CT molecular complexity index is 197. The van der Waals surface area contributed by atoms with Gasteiger partial charge >= 0.3 is 0 Å². The molecule has 0 saturated heterocycles. The van der Waals surface area contributed by atoms with Crippen LogP contribution in [0.3, 0.4) is 0 Å². The van der Waals surface area contributed by atoms with E-state index in [1.165, 1.54) is 0 Å². The van der Waals surface area contributed by atoms with E-state index in [1.54, 1.807) is 13.8 Å². The Morgan fingerprint density at radius 2 is 1.82 bits per heavy atom. The summed E-state index contributed by atoms with van der Waals surface area (Å²) in [6.07, 6.45) is 0. The molecule has 0 spiro atoms. The molecule has 0 saturated carbocycles. The SMILES string of the molecule is CC(C)C(N)C(=O)P(=O)([O-])[O-]. The van der Waals surface area contributed by atoms with Gasteiger partial charge in [-0.05, 0) is 5.92 Å². The van der Waals surface area contributed by atoms with Crippen LogP contribution in [0, 0.1) is 5.92 Å². The molecular formula is C5H10NO4P-2. The Hall–Kier alpha value is -0.220. The second kappa shape index (κ2) is 3.45. The van der Waals surface area contributed by atoms with E-state index < -0.39 is 19.2 Å². The third-order valence-electron chi connectivity index (χ3n) is 1.27. The van der Waals surface area contributed by atoms with Crippen LogP contribution >= 0.6 is 7.60 Å².